The van der Waals surface area contributed by atoms with E-state index in [1.54, 1.807) is 11.8 Å². The number of rotatable bonds is 10. The van der Waals surface area contributed by atoms with E-state index >= 15 is 0 Å². The van der Waals surface area contributed by atoms with E-state index in [4.69, 9.17) is 27.9 Å². The van der Waals surface area contributed by atoms with E-state index in [-0.39, 0.29) is 6.04 Å². The normalized spacial score (nSPS) is 12.2. The van der Waals surface area contributed by atoms with Crippen molar-refractivity contribution in [3.63, 3.8) is 0 Å². The van der Waals surface area contributed by atoms with Gasteiger partial charge in [-0.05, 0) is 49.2 Å². The molecule has 0 fully saturated rings. The molecule has 2 nitrogen and oxygen atoms in total. The zero-order chi connectivity index (χ0) is 18.1. The van der Waals surface area contributed by atoms with Crippen LogP contribution in [0.1, 0.15) is 38.3 Å². The predicted octanol–water partition coefficient (Wildman–Crippen LogP) is 6.62. The number of benzene rings is 2. The minimum absolute atomic E-state index is 0.269. The largest absolute Gasteiger partial charge is 0.494 e. The van der Waals surface area contributed by atoms with Crippen LogP contribution in [0.25, 0.3) is 0 Å². The van der Waals surface area contributed by atoms with Gasteiger partial charge in [-0.2, -0.15) is 0 Å². The van der Waals surface area contributed by atoms with Crippen LogP contribution >= 0.6 is 35.0 Å². The molecule has 0 aliphatic carbocycles. The Kier molecular flexibility index (Phi) is 8.97. The van der Waals surface area contributed by atoms with E-state index in [1.165, 1.54) is 5.56 Å². The molecule has 1 N–H and O–H groups in total. The lowest BCUT2D eigenvalue weighted by Gasteiger charge is -2.15. The summed E-state index contributed by atoms with van der Waals surface area (Å²) < 4.78 is 5.79. The van der Waals surface area contributed by atoms with E-state index in [1.807, 2.05) is 24.3 Å². The lowest BCUT2D eigenvalue weighted by atomic mass is 10.1. The first-order valence-corrected chi connectivity index (χ1v) is 10.4. The van der Waals surface area contributed by atoms with Crippen LogP contribution < -0.4 is 10.1 Å². The molecule has 2 aromatic rings. The summed E-state index contributed by atoms with van der Waals surface area (Å²) in [5, 5.41) is 5.01. The molecule has 0 amide bonds. The number of thioether (sulfide) groups is 1. The highest BCUT2D eigenvalue weighted by Gasteiger charge is 2.07. The van der Waals surface area contributed by atoms with Crippen molar-refractivity contribution in [1.82, 2.24) is 5.32 Å². The second-order valence-corrected chi connectivity index (χ2v) is 7.85. The Balaban J connectivity index is 1.79. The fourth-order valence-corrected chi connectivity index (χ4v) is 3.72. The topological polar surface area (TPSA) is 21.3 Å². The molecule has 0 bridgehead atoms. The highest BCUT2D eigenvalue weighted by Crippen LogP contribution is 2.29. The third-order valence-corrected chi connectivity index (χ3v) is 5.56. The van der Waals surface area contributed by atoms with Gasteiger partial charge in [0.2, 0.25) is 0 Å². The molecule has 1 atom stereocenters. The number of hydrogen-bond acceptors (Lipinski definition) is 3. The number of ether oxygens (including phenoxy) is 1. The number of hydrogen-bond donors (Lipinski definition) is 1. The highest BCUT2D eigenvalue weighted by atomic mass is 35.5. The SMILES string of the molecule is CCCCOc1cccc(C(C)NCCSc2cc(Cl)ccc2Cl)c1. The van der Waals surface area contributed by atoms with Gasteiger partial charge >= 0.3 is 0 Å². The lowest BCUT2D eigenvalue weighted by Crippen LogP contribution is -2.21. The Morgan fingerprint density at radius 2 is 2.00 bits per heavy atom. The first-order chi connectivity index (χ1) is 12.1. The molecular formula is C20H25Cl2NOS. The predicted molar refractivity (Wildman–Crippen MR) is 110 cm³/mol. The highest BCUT2D eigenvalue weighted by molar-refractivity contribution is 7.99. The van der Waals surface area contributed by atoms with Crippen LogP contribution in [0, 0.1) is 0 Å². The fourth-order valence-electron chi connectivity index (χ4n) is 2.35. The van der Waals surface area contributed by atoms with Gasteiger partial charge in [-0.3, -0.25) is 0 Å². The Morgan fingerprint density at radius 1 is 1.16 bits per heavy atom. The standard InChI is InChI=1S/C20H25Cl2NOS/c1-3-4-11-24-18-7-5-6-16(13-18)15(2)23-10-12-25-20-14-17(21)8-9-19(20)22/h5-9,13-15,23H,3-4,10-12H2,1-2H3. The molecule has 0 aliphatic heterocycles. The monoisotopic (exact) mass is 397 g/mol. The van der Waals surface area contributed by atoms with Crippen LogP contribution in [0.5, 0.6) is 5.75 Å². The zero-order valence-electron chi connectivity index (χ0n) is 14.7. The molecular weight excluding hydrogens is 373 g/mol. The van der Waals surface area contributed by atoms with Gasteiger partial charge in [0.15, 0.2) is 0 Å². The Bertz CT molecular complexity index is 666. The molecule has 5 heteroatoms. The molecule has 0 spiro atoms. The van der Waals surface area contributed by atoms with Crippen LogP contribution in [0.3, 0.4) is 0 Å². The number of unbranched alkanes of at least 4 members (excludes halogenated alkanes) is 1. The summed E-state index contributed by atoms with van der Waals surface area (Å²) in [6, 6.07) is 14.1. The minimum atomic E-state index is 0.269. The fraction of sp³-hybridized carbons (Fsp3) is 0.400. The van der Waals surface area contributed by atoms with Crippen molar-refractivity contribution >= 4 is 35.0 Å². The van der Waals surface area contributed by atoms with Gasteiger partial charge in [0.05, 0.1) is 11.6 Å². The van der Waals surface area contributed by atoms with Crippen molar-refractivity contribution < 1.29 is 4.74 Å². The molecule has 136 valence electrons. The van der Waals surface area contributed by atoms with Gasteiger partial charge in [0, 0.05) is 28.3 Å². The molecule has 2 rings (SSSR count). The van der Waals surface area contributed by atoms with E-state index in [0.29, 0.717) is 5.02 Å². The van der Waals surface area contributed by atoms with Crippen molar-refractivity contribution in [1.29, 1.82) is 0 Å². The van der Waals surface area contributed by atoms with Crippen LogP contribution in [-0.2, 0) is 0 Å². The van der Waals surface area contributed by atoms with Crippen LogP contribution in [0.15, 0.2) is 47.4 Å². The summed E-state index contributed by atoms with van der Waals surface area (Å²) in [6.45, 7) is 6.00. The van der Waals surface area contributed by atoms with Gasteiger partial charge in [-0.15, -0.1) is 11.8 Å². The molecule has 1 unspecified atom stereocenters. The second-order valence-electron chi connectivity index (χ2n) is 5.87. The maximum Gasteiger partial charge on any atom is 0.119 e. The maximum absolute atomic E-state index is 6.19. The first kappa shape index (κ1) is 20.4. The Hall–Kier alpha value is -0.870. The summed E-state index contributed by atoms with van der Waals surface area (Å²) in [5.74, 6) is 1.87. The molecule has 0 saturated heterocycles. The number of nitrogens with one attached hydrogen (secondary N) is 1. The minimum Gasteiger partial charge on any atom is -0.494 e. The third-order valence-electron chi connectivity index (χ3n) is 3.83. The van der Waals surface area contributed by atoms with Crippen LogP contribution in [-0.4, -0.2) is 18.9 Å². The van der Waals surface area contributed by atoms with E-state index in [2.05, 4.69) is 37.4 Å². The average Bonchev–Trinajstić information content (AvgIpc) is 2.62. The summed E-state index contributed by atoms with van der Waals surface area (Å²) in [6.07, 6.45) is 2.23. The molecule has 0 radical (unpaired) electrons. The molecule has 2 aromatic carbocycles. The van der Waals surface area contributed by atoms with Gasteiger partial charge in [0.1, 0.15) is 5.75 Å². The van der Waals surface area contributed by atoms with Gasteiger partial charge < -0.3 is 10.1 Å². The Morgan fingerprint density at radius 3 is 2.80 bits per heavy atom. The van der Waals surface area contributed by atoms with Crippen molar-refractivity contribution in [3.8, 4) is 5.75 Å². The van der Waals surface area contributed by atoms with Crippen molar-refractivity contribution in [2.24, 2.45) is 0 Å². The van der Waals surface area contributed by atoms with Crippen molar-refractivity contribution in [3.05, 3.63) is 58.1 Å². The average molecular weight is 398 g/mol. The lowest BCUT2D eigenvalue weighted by molar-refractivity contribution is 0.309. The Labute approximate surface area is 165 Å². The van der Waals surface area contributed by atoms with E-state index in [0.717, 1.165) is 47.4 Å². The molecule has 0 aliphatic rings. The maximum atomic E-state index is 6.19. The zero-order valence-corrected chi connectivity index (χ0v) is 17.1. The second kappa shape index (κ2) is 11.0. The van der Waals surface area contributed by atoms with Gasteiger partial charge in [-0.25, -0.2) is 0 Å². The first-order valence-electron chi connectivity index (χ1n) is 8.64. The molecule has 0 saturated carbocycles. The number of halogens is 2. The molecule has 0 aromatic heterocycles. The summed E-state index contributed by atoms with van der Waals surface area (Å²) >= 11 is 13.9. The molecule has 0 heterocycles. The van der Waals surface area contributed by atoms with Crippen molar-refractivity contribution in [2.75, 3.05) is 18.9 Å². The smallest absolute Gasteiger partial charge is 0.119 e. The summed E-state index contributed by atoms with van der Waals surface area (Å²) in [5.41, 5.74) is 1.24. The summed E-state index contributed by atoms with van der Waals surface area (Å²) in [7, 11) is 0. The quantitative estimate of drug-likeness (QED) is 0.359. The van der Waals surface area contributed by atoms with Gasteiger partial charge in [-0.1, -0.05) is 48.7 Å². The molecule has 25 heavy (non-hydrogen) atoms. The van der Waals surface area contributed by atoms with Crippen molar-refractivity contribution in [2.45, 2.75) is 37.6 Å². The third kappa shape index (κ3) is 7.10. The van der Waals surface area contributed by atoms with Crippen LogP contribution in [0.4, 0.5) is 0 Å². The van der Waals surface area contributed by atoms with E-state index in [9.17, 15) is 0 Å². The van der Waals surface area contributed by atoms with Gasteiger partial charge in [0.25, 0.3) is 0 Å². The van der Waals surface area contributed by atoms with E-state index < -0.39 is 0 Å². The van der Waals surface area contributed by atoms with Crippen LogP contribution in [0.2, 0.25) is 10.0 Å². The summed E-state index contributed by atoms with van der Waals surface area (Å²) in [4.78, 5) is 1.02.